The number of carbonyl (C=O) groups is 2. The van der Waals surface area contributed by atoms with E-state index >= 15 is 0 Å². The Morgan fingerprint density at radius 1 is 0.674 bits per heavy atom. The number of allylic oxidation sites excluding steroid dienone is 3. The molecule has 3 aromatic rings. The number of aliphatic hydroxyl groups excluding tert-OH is 2. The van der Waals surface area contributed by atoms with Gasteiger partial charge in [-0.3, -0.25) is 9.59 Å². The third-order valence-electron chi connectivity index (χ3n) is 8.65. The van der Waals surface area contributed by atoms with Crippen molar-refractivity contribution in [3.8, 4) is 0 Å². The third-order valence-corrected chi connectivity index (χ3v) is 8.65. The molecule has 5 heterocycles. The molecule has 2 aliphatic heterocycles. The molecule has 46 heavy (non-hydrogen) atoms. The molecule has 0 saturated heterocycles. The van der Waals surface area contributed by atoms with Crippen LogP contribution in [0.4, 0.5) is 0 Å². The number of rotatable bonds is 8. The quantitative estimate of drug-likeness (QED) is 0.189. The molecule has 0 fully saturated rings. The predicted molar refractivity (Wildman–Crippen MR) is 185 cm³/mol. The van der Waals surface area contributed by atoms with E-state index in [9.17, 15) is 30.0 Å². The van der Waals surface area contributed by atoms with E-state index < -0.39 is 24.1 Å². The summed E-state index contributed by atoms with van der Waals surface area (Å²) in [4.78, 5) is 39.8. The van der Waals surface area contributed by atoms with Gasteiger partial charge in [-0.25, -0.2) is 9.97 Å². The van der Waals surface area contributed by atoms with Crippen LogP contribution < -0.4 is 0 Å². The zero-order valence-corrected chi connectivity index (χ0v) is 25.8. The summed E-state index contributed by atoms with van der Waals surface area (Å²) in [6, 6.07) is 7.51. The molecule has 0 aliphatic carbocycles. The standard InChI is InChI=1S/C34H38N4O6.2Na.2H/c1-15-21(7-9-31(41)42)27-14-28-22(8-10-32(43)44)16(2)24(36-28)12-29-34(20(6)40)18(4)26(38-29)13-30-33(19(5)39)17(3)25(37-30)11-23(15)35-27;;;;/h11-14,19-20,35,38-40H,7-10H2,1-6H3,(H,41,42)(H,43,44);;;;. The number of nitrogens with one attached hydrogen (secondary N) is 2. The molecule has 2 aliphatic rings. The van der Waals surface area contributed by atoms with Crippen molar-refractivity contribution in [1.82, 2.24) is 19.9 Å². The molecule has 12 heteroatoms. The Labute approximate surface area is 311 Å². The summed E-state index contributed by atoms with van der Waals surface area (Å²) < 4.78 is 0. The molecule has 2 atom stereocenters. The number of aliphatic hydroxyl groups is 2. The van der Waals surface area contributed by atoms with Crippen molar-refractivity contribution < 1.29 is 30.0 Å². The van der Waals surface area contributed by atoms with Gasteiger partial charge in [0.2, 0.25) is 0 Å². The fourth-order valence-corrected chi connectivity index (χ4v) is 6.31. The topological polar surface area (TPSA) is 172 Å². The Bertz CT molecular complexity index is 1930. The first-order valence-electron chi connectivity index (χ1n) is 14.7. The van der Waals surface area contributed by atoms with Crippen LogP contribution in [0.25, 0.3) is 44.4 Å². The molecule has 10 nitrogen and oxygen atoms in total. The van der Waals surface area contributed by atoms with Gasteiger partial charge in [0.1, 0.15) is 0 Å². The Morgan fingerprint density at radius 3 is 1.78 bits per heavy atom. The van der Waals surface area contributed by atoms with E-state index in [1.54, 1.807) is 13.8 Å². The van der Waals surface area contributed by atoms with Crippen molar-refractivity contribution in [2.45, 2.75) is 79.4 Å². The summed E-state index contributed by atoms with van der Waals surface area (Å²) in [5, 5.41) is 40.5. The van der Waals surface area contributed by atoms with Crippen LogP contribution in [0.5, 0.6) is 0 Å². The van der Waals surface area contributed by atoms with Crippen molar-refractivity contribution in [2.75, 3.05) is 0 Å². The van der Waals surface area contributed by atoms with Gasteiger partial charge in [-0.1, -0.05) is 0 Å². The Balaban J connectivity index is 0.00000288. The molecule has 0 saturated carbocycles. The van der Waals surface area contributed by atoms with Crippen LogP contribution in [0.3, 0.4) is 0 Å². The molecule has 6 N–H and O–H groups in total. The van der Waals surface area contributed by atoms with Crippen molar-refractivity contribution in [3.05, 3.63) is 69.3 Å². The second-order valence-electron chi connectivity index (χ2n) is 11.7. The van der Waals surface area contributed by atoms with Gasteiger partial charge in [0.25, 0.3) is 0 Å². The summed E-state index contributed by atoms with van der Waals surface area (Å²) in [5.74, 6) is -1.83. The van der Waals surface area contributed by atoms with Crippen molar-refractivity contribution in [3.63, 3.8) is 0 Å². The van der Waals surface area contributed by atoms with Gasteiger partial charge in [-0.2, -0.15) is 0 Å². The van der Waals surface area contributed by atoms with Crippen molar-refractivity contribution in [2.24, 2.45) is 0 Å². The summed E-state index contributed by atoms with van der Waals surface area (Å²) in [5.41, 5.74) is 11.7. The number of hydrogen-bond acceptors (Lipinski definition) is 6. The fourth-order valence-electron chi connectivity index (χ4n) is 6.31. The molecule has 234 valence electrons. The molecule has 0 aromatic carbocycles. The van der Waals surface area contributed by atoms with Crippen LogP contribution >= 0.6 is 0 Å². The SMILES string of the molecule is CC1=C(CCC(=O)O)c2cc3[nH]c(cc4nc(cc5[nH]c(cc1n2)c(C(C)O)c5C)C(C(C)O)=C4C)c(C)c3CCC(=O)O.[NaH].[NaH]. The zero-order chi connectivity index (χ0) is 32.0. The molecule has 5 rings (SSSR count). The van der Waals surface area contributed by atoms with Gasteiger partial charge in [0, 0.05) is 46.0 Å². The van der Waals surface area contributed by atoms with Gasteiger partial charge in [0.05, 0.1) is 35.0 Å². The molecular weight excluding hydrogens is 606 g/mol. The van der Waals surface area contributed by atoms with E-state index in [2.05, 4.69) is 9.97 Å². The van der Waals surface area contributed by atoms with Crippen LogP contribution in [0.15, 0.2) is 24.3 Å². The van der Waals surface area contributed by atoms with Crippen LogP contribution in [-0.2, 0) is 16.0 Å². The van der Waals surface area contributed by atoms with E-state index in [1.807, 2.05) is 52.0 Å². The van der Waals surface area contributed by atoms with Gasteiger partial charge in [-0.15, -0.1) is 0 Å². The normalized spacial score (nSPS) is 14.1. The fraction of sp³-hybridized carbons (Fsp3) is 0.353. The van der Waals surface area contributed by atoms with Gasteiger partial charge < -0.3 is 30.4 Å². The van der Waals surface area contributed by atoms with Crippen molar-refractivity contribution >= 4 is 115 Å². The van der Waals surface area contributed by atoms with E-state index in [4.69, 9.17) is 9.97 Å². The first-order chi connectivity index (χ1) is 20.8. The predicted octanol–water partition coefficient (Wildman–Crippen LogP) is 4.81. The van der Waals surface area contributed by atoms with Gasteiger partial charge in [0.15, 0.2) is 0 Å². The third kappa shape index (κ3) is 7.45. The number of aromatic nitrogens is 4. The van der Waals surface area contributed by atoms with Gasteiger partial charge >= 0.3 is 71.1 Å². The Morgan fingerprint density at radius 2 is 1.17 bits per heavy atom. The number of carboxylic acid groups (broad SMARTS) is 2. The second kappa shape index (κ2) is 15.1. The first kappa shape index (κ1) is 37.9. The first-order valence-corrected chi connectivity index (χ1v) is 14.7. The van der Waals surface area contributed by atoms with E-state index in [0.717, 1.165) is 44.4 Å². The van der Waals surface area contributed by atoms with Crippen LogP contribution in [0.2, 0.25) is 0 Å². The zero-order valence-electron chi connectivity index (χ0n) is 25.8. The molecule has 0 spiro atoms. The monoisotopic (exact) mass is 646 g/mol. The molecule has 2 unspecified atom stereocenters. The summed E-state index contributed by atoms with van der Waals surface area (Å²) >= 11 is 0. The Kier molecular flexibility index (Phi) is 12.5. The molecule has 3 aromatic heterocycles. The number of aryl methyl sites for hydroxylation is 3. The second-order valence-corrected chi connectivity index (χ2v) is 11.7. The molecular formula is C34H40N4Na2O6. The Hall–Kier alpha value is -2.54. The van der Waals surface area contributed by atoms with Crippen molar-refractivity contribution in [1.29, 1.82) is 0 Å². The maximum atomic E-state index is 11.6. The average molecular weight is 647 g/mol. The number of aromatic amines is 2. The van der Waals surface area contributed by atoms with Crippen LogP contribution in [-0.4, -0.2) is 118 Å². The van der Waals surface area contributed by atoms with E-state index in [-0.39, 0.29) is 84.8 Å². The minimum atomic E-state index is -0.917. The van der Waals surface area contributed by atoms with Gasteiger partial charge in [-0.05, 0) is 112 Å². The molecule has 0 radical (unpaired) electrons. The average Bonchev–Trinajstić information content (AvgIpc) is 3.59. The van der Waals surface area contributed by atoms with E-state index in [0.29, 0.717) is 44.9 Å². The van der Waals surface area contributed by atoms with Crippen LogP contribution in [0.1, 0.15) is 98.1 Å². The minimum absolute atomic E-state index is 0. The van der Waals surface area contributed by atoms with E-state index in [1.165, 1.54) is 0 Å². The molecule has 0 amide bonds. The number of nitrogens with zero attached hydrogens (tertiary/aromatic N) is 2. The number of hydrogen-bond donors (Lipinski definition) is 6. The summed E-state index contributed by atoms with van der Waals surface area (Å²) in [7, 11) is 0. The number of aliphatic carboxylic acids is 2. The molecule has 8 bridgehead atoms. The summed E-state index contributed by atoms with van der Waals surface area (Å²) in [6.45, 7) is 11.1. The summed E-state index contributed by atoms with van der Waals surface area (Å²) in [6.07, 6.45) is -1.16. The maximum absolute atomic E-state index is 11.6. The number of carboxylic acids is 2. The number of H-pyrrole nitrogens is 2. The van der Waals surface area contributed by atoms with Crippen LogP contribution in [0, 0.1) is 13.8 Å². The number of fused-ring (bicyclic) bond motifs is 8.